The number of aromatic nitrogens is 1. The van der Waals surface area contributed by atoms with Gasteiger partial charge in [0.15, 0.2) is 17.1 Å². The Labute approximate surface area is 216 Å². The van der Waals surface area contributed by atoms with E-state index in [9.17, 15) is 19.6 Å². The number of nitrogens with one attached hydrogen (secondary N) is 1. The number of carbonyl (C=O) groups excluding carboxylic acids is 1. The number of thiazole rings is 1. The molecule has 10 nitrogen and oxygen atoms in total. The molecule has 0 atom stereocenters. The third-order valence-corrected chi connectivity index (χ3v) is 6.43. The molecule has 2 N–H and O–H groups in total. The highest BCUT2D eigenvalue weighted by Gasteiger charge is 2.17. The second-order valence-corrected chi connectivity index (χ2v) is 8.66. The standard InChI is InChI=1S/C26H25N3O7S/c1-34-13-5-12-29-24(31)21(14-17-6-4-7-20(35-2)22(17)36-3)37-25(29)19(15-27)23(30)28-18-10-8-16(9-11-18)26(32)33/h4,6-11,14H,5,12-13H2,1-3H3,(H,28,30)(H,32,33)/b21-14-,25-19-. The summed E-state index contributed by atoms with van der Waals surface area (Å²) in [7, 11) is 4.55. The minimum Gasteiger partial charge on any atom is -0.493 e. The number of nitriles is 1. The van der Waals surface area contributed by atoms with E-state index in [-0.39, 0.29) is 27.9 Å². The normalized spacial score (nSPS) is 12.0. The summed E-state index contributed by atoms with van der Waals surface area (Å²) in [6.07, 6.45) is 2.11. The topological polar surface area (TPSA) is 140 Å². The van der Waals surface area contributed by atoms with E-state index in [1.807, 2.05) is 6.07 Å². The quantitative estimate of drug-likeness (QED) is 0.384. The number of carboxylic acid groups (broad SMARTS) is 1. The van der Waals surface area contributed by atoms with Crippen molar-refractivity contribution < 1.29 is 28.9 Å². The lowest BCUT2D eigenvalue weighted by atomic mass is 10.2. The van der Waals surface area contributed by atoms with Crippen molar-refractivity contribution in [2.45, 2.75) is 13.0 Å². The van der Waals surface area contributed by atoms with Crippen molar-refractivity contribution in [1.82, 2.24) is 4.57 Å². The van der Waals surface area contributed by atoms with Crippen LogP contribution >= 0.6 is 11.3 Å². The Kier molecular flexibility index (Phi) is 9.21. The fourth-order valence-corrected chi connectivity index (χ4v) is 4.64. The molecule has 37 heavy (non-hydrogen) atoms. The molecule has 1 aromatic heterocycles. The van der Waals surface area contributed by atoms with Crippen LogP contribution in [0.5, 0.6) is 11.5 Å². The molecule has 0 radical (unpaired) electrons. The molecule has 0 spiro atoms. The zero-order valence-corrected chi connectivity index (χ0v) is 21.3. The number of ether oxygens (including phenoxy) is 3. The highest BCUT2D eigenvalue weighted by molar-refractivity contribution is 7.07. The molecule has 0 saturated carbocycles. The van der Waals surface area contributed by atoms with E-state index in [1.165, 1.54) is 43.1 Å². The van der Waals surface area contributed by atoms with Crippen LogP contribution in [0.25, 0.3) is 11.6 Å². The first-order valence-corrected chi connectivity index (χ1v) is 11.9. The SMILES string of the molecule is COCCCn1c(=O)/c(=C/c2cccc(OC)c2OC)s/c1=C(/C#N)C(=O)Nc1ccc(C(=O)O)cc1. The molecule has 0 saturated heterocycles. The van der Waals surface area contributed by atoms with Crippen LogP contribution in [-0.4, -0.2) is 49.5 Å². The van der Waals surface area contributed by atoms with Gasteiger partial charge in [-0.05, 0) is 42.8 Å². The molecule has 1 heterocycles. The van der Waals surface area contributed by atoms with Gasteiger partial charge in [0, 0.05) is 31.5 Å². The average molecular weight is 524 g/mol. The van der Waals surface area contributed by atoms with Crippen LogP contribution in [0.15, 0.2) is 47.3 Å². The molecule has 0 aliphatic heterocycles. The molecule has 3 aromatic rings. The monoisotopic (exact) mass is 523 g/mol. The predicted octanol–water partition coefficient (Wildman–Crippen LogP) is 1.80. The fraction of sp³-hybridized carbons (Fsp3) is 0.231. The van der Waals surface area contributed by atoms with E-state index in [0.717, 1.165) is 11.3 Å². The van der Waals surface area contributed by atoms with Gasteiger partial charge in [0.25, 0.3) is 11.5 Å². The van der Waals surface area contributed by atoms with Gasteiger partial charge in [0.2, 0.25) is 0 Å². The van der Waals surface area contributed by atoms with Gasteiger partial charge >= 0.3 is 5.97 Å². The second-order valence-electron chi connectivity index (χ2n) is 7.63. The van der Waals surface area contributed by atoms with Crippen molar-refractivity contribution >= 4 is 40.5 Å². The van der Waals surface area contributed by atoms with Crippen molar-refractivity contribution in [3.63, 3.8) is 0 Å². The number of rotatable bonds is 10. The molecule has 0 aliphatic carbocycles. The van der Waals surface area contributed by atoms with Crippen LogP contribution in [-0.2, 0) is 16.1 Å². The van der Waals surface area contributed by atoms with Gasteiger partial charge in [0.05, 0.1) is 24.3 Å². The Balaban J connectivity index is 2.15. The van der Waals surface area contributed by atoms with Gasteiger partial charge in [-0.3, -0.25) is 14.2 Å². The maximum Gasteiger partial charge on any atom is 0.335 e. The first-order valence-electron chi connectivity index (χ1n) is 11.0. The third-order valence-electron chi connectivity index (χ3n) is 5.30. The van der Waals surface area contributed by atoms with Crippen LogP contribution in [0.4, 0.5) is 5.69 Å². The number of para-hydroxylation sites is 1. The molecule has 3 rings (SSSR count). The summed E-state index contributed by atoms with van der Waals surface area (Å²) < 4.78 is 17.8. The minimum absolute atomic E-state index is 0.0564. The Morgan fingerprint density at radius 2 is 1.86 bits per heavy atom. The van der Waals surface area contributed by atoms with E-state index >= 15 is 0 Å². The van der Waals surface area contributed by atoms with Crippen LogP contribution in [0, 0.1) is 11.3 Å². The number of benzene rings is 2. The van der Waals surface area contributed by atoms with Gasteiger partial charge in [-0.2, -0.15) is 5.26 Å². The Bertz CT molecular complexity index is 1520. The number of nitrogens with zero attached hydrogens (tertiary/aromatic N) is 2. The zero-order valence-electron chi connectivity index (χ0n) is 20.4. The smallest absolute Gasteiger partial charge is 0.335 e. The van der Waals surface area contributed by atoms with Gasteiger partial charge in [0.1, 0.15) is 10.7 Å². The maximum absolute atomic E-state index is 13.4. The van der Waals surface area contributed by atoms with Crippen molar-refractivity contribution in [2.75, 3.05) is 33.3 Å². The lowest BCUT2D eigenvalue weighted by molar-refractivity contribution is -0.111. The van der Waals surface area contributed by atoms with E-state index in [1.54, 1.807) is 31.4 Å². The van der Waals surface area contributed by atoms with Gasteiger partial charge in [-0.15, -0.1) is 11.3 Å². The largest absolute Gasteiger partial charge is 0.493 e. The summed E-state index contributed by atoms with van der Waals surface area (Å²) in [5.74, 6) is -0.890. The zero-order chi connectivity index (χ0) is 26.9. The lowest BCUT2D eigenvalue weighted by Crippen LogP contribution is -2.34. The first kappa shape index (κ1) is 27.2. The summed E-state index contributed by atoms with van der Waals surface area (Å²) in [5, 5.41) is 21.5. The minimum atomic E-state index is -1.10. The van der Waals surface area contributed by atoms with E-state index < -0.39 is 11.9 Å². The number of amides is 1. The van der Waals surface area contributed by atoms with E-state index in [0.29, 0.717) is 40.3 Å². The molecule has 0 aliphatic rings. The molecule has 192 valence electrons. The maximum atomic E-state index is 13.4. The predicted molar refractivity (Wildman–Crippen MR) is 138 cm³/mol. The fourth-order valence-electron chi connectivity index (χ4n) is 3.53. The summed E-state index contributed by atoms with van der Waals surface area (Å²) in [5.41, 5.74) is 0.338. The van der Waals surface area contributed by atoms with Crippen LogP contribution in [0.3, 0.4) is 0 Å². The van der Waals surface area contributed by atoms with Crippen LogP contribution in [0.1, 0.15) is 22.3 Å². The van der Waals surface area contributed by atoms with Crippen molar-refractivity contribution in [2.24, 2.45) is 0 Å². The van der Waals surface area contributed by atoms with Crippen LogP contribution < -0.4 is 29.5 Å². The first-order chi connectivity index (χ1) is 17.8. The lowest BCUT2D eigenvalue weighted by Gasteiger charge is -2.09. The summed E-state index contributed by atoms with van der Waals surface area (Å²) in [6.45, 7) is 0.613. The molecule has 1 amide bonds. The average Bonchev–Trinajstić information content (AvgIpc) is 3.19. The number of carbonyl (C=O) groups is 2. The number of methoxy groups -OCH3 is 3. The number of carboxylic acids is 1. The Morgan fingerprint density at radius 1 is 1.14 bits per heavy atom. The summed E-state index contributed by atoms with van der Waals surface area (Å²) in [4.78, 5) is 37.5. The number of anilines is 1. The van der Waals surface area contributed by atoms with Crippen molar-refractivity contribution in [3.8, 4) is 17.6 Å². The Hall–Kier alpha value is -4.40. The van der Waals surface area contributed by atoms with E-state index in [4.69, 9.17) is 19.3 Å². The highest BCUT2D eigenvalue weighted by atomic mass is 32.1. The molecule has 0 unspecified atom stereocenters. The number of aromatic carboxylic acids is 1. The second kappa shape index (κ2) is 12.5. The number of hydrogen-bond acceptors (Lipinski definition) is 8. The summed E-state index contributed by atoms with van der Waals surface area (Å²) >= 11 is 1.01. The van der Waals surface area contributed by atoms with Gasteiger partial charge in [-0.25, -0.2) is 4.79 Å². The molecular formula is C26H25N3O7S. The third kappa shape index (κ3) is 6.24. The van der Waals surface area contributed by atoms with Gasteiger partial charge in [-0.1, -0.05) is 12.1 Å². The molecule has 0 bridgehead atoms. The molecule has 0 fully saturated rings. The Morgan fingerprint density at radius 3 is 2.46 bits per heavy atom. The van der Waals surface area contributed by atoms with Crippen LogP contribution in [0.2, 0.25) is 0 Å². The van der Waals surface area contributed by atoms with Crippen molar-refractivity contribution in [1.29, 1.82) is 5.26 Å². The molecule has 2 aromatic carbocycles. The summed E-state index contributed by atoms with van der Waals surface area (Å²) in [6, 6.07) is 12.7. The number of hydrogen-bond donors (Lipinski definition) is 2. The van der Waals surface area contributed by atoms with Crippen molar-refractivity contribution in [3.05, 3.63) is 73.1 Å². The molecular weight excluding hydrogens is 498 g/mol. The van der Waals surface area contributed by atoms with E-state index in [2.05, 4.69) is 5.32 Å². The highest BCUT2D eigenvalue weighted by Crippen LogP contribution is 2.30. The molecule has 11 heteroatoms. The van der Waals surface area contributed by atoms with Gasteiger partial charge < -0.3 is 24.6 Å².